The summed E-state index contributed by atoms with van der Waals surface area (Å²) in [6.45, 7) is 1.45. The molecule has 0 fully saturated rings. The first-order chi connectivity index (χ1) is 13.0. The van der Waals surface area contributed by atoms with E-state index in [4.69, 9.17) is 4.65 Å². The van der Waals surface area contributed by atoms with E-state index in [1.165, 1.54) is 6.92 Å². The highest BCUT2D eigenvalue weighted by atomic mass is 16.5. The molecule has 0 amide bonds. The number of hydrogen-bond donors (Lipinski definition) is 1. The third kappa shape index (κ3) is 4.52. The number of para-hydroxylation sites is 1. The van der Waals surface area contributed by atoms with Crippen molar-refractivity contribution in [1.29, 1.82) is 0 Å². The van der Waals surface area contributed by atoms with Gasteiger partial charge in [-0.3, -0.25) is 14.4 Å². The van der Waals surface area contributed by atoms with Gasteiger partial charge < -0.3 is 9.68 Å². The van der Waals surface area contributed by atoms with Crippen LogP contribution in [-0.4, -0.2) is 29.5 Å². The molecule has 2 aromatic carbocycles. The van der Waals surface area contributed by atoms with Gasteiger partial charge in [-0.15, -0.1) is 0 Å². The van der Waals surface area contributed by atoms with Crippen molar-refractivity contribution in [2.24, 2.45) is 0 Å². The molecule has 0 saturated carbocycles. The highest BCUT2D eigenvalue weighted by Gasteiger charge is 2.37. The van der Waals surface area contributed by atoms with Gasteiger partial charge in [0.2, 0.25) is 0 Å². The molecular formula is C21H21BO5. The summed E-state index contributed by atoms with van der Waals surface area (Å²) in [4.78, 5) is 36.1. The lowest BCUT2D eigenvalue weighted by Gasteiger charge is -2.28. The number of carbonyl (C=O) groups is 3. The van der Waals surface area contributed by atoms with Crippen molar-refractivity contribution >= 4 is 24.5 Å². The molecule has 3 rings (SSSR count). The Morgan fingerprint density at radius 1 is 1.07 bits per heavy atom. The molecule has 0 bridgehead atoms. The molecule has 0 spiro atoms. The van der Waals surface area contributed by atoms with Crippen LogP contribution in [0.15, 0.2) is 48.5 Å². The van der Waals surface area contributed by atoms with E-state index in [0.29, 0.717) is 23.3 Å². The van der Waals surface area contributed by atoms with E-state index >= 15 is 0 Å². The normalized spacial score (nSPS) is 15.6. The van der Waals surface area contributed by atoms with Crippen molar-refractivity contribution in [3.05, 3.63) is 65.2 Å². The molecule has 0 radical (unpaired) electrons. The summed E-state index contributed by atoms with van der Waals surface area (Å²) >= 11 is 0. The van der Waals surface area contributed by atoms with Crippen molar-refractivity contribution in [3.63, 3.8) is 0 Å². The molecule has 6 heteroatoms. The van der Waals surface area contributed by atoms with Gasteiger partial charge >= 0.3 is 7.12 Å². The molecule has 1 aliphatic heterocycles. The minimum absolute atomic E-state index is 0.0687. The Bertz CT molecular complexity index is 862. The number of benzene rings is 2. The van der Waals surface area contributed by atoms with E-state index in [1.54, 1.807) is 36.4 Å². The Balaban J connectivity index is 1.59. The van der Waals surface area contributed by atoms with Crippen molar-refractivity contribution in [2.75, 3.05) is 0 Å². The van der Waals surface area contributed by atoms with Gasteiger partial charge in [-0.25, -0.2) is 0 Å². The SMILES string of the molecule is CC(=O)c1cccc2c1OB(O)[C@@H](CC(=O)CCC(=O)c1ccccc1)C2. The predicted molar refractivity (Wildman–Crippen MR) is 102 cm³/mol. The highest BCUT2D eigenvalue weighted by molar-refractivity contribution is 6.47. The van der Waals surface area contributed by atoms with Crippen LogP contribution in [-0.2, 0) is 11.2 Å². The molecule has 1 aliphatic rings. The molecule has 0 saturated heterocycles. The third-order valence-electron chi connectivity index (χ3n) is 4.82. The molecule has 0 aliphatic carbocycles. The quantitative estimate of drug-likeness (QED) is 0.602. The fourth-order valence-electron chi connectivity index (χ4n) is 3.35. The van der Waals surface area contributed by atoms with Crippen LogP contribution in [0.3, 0.4) is 0 Å². The van der Waals surface area contributed by atoms with Gasteiger partial charge in [-0.1, -0.05) is 42.5 Å². The molecule has 0 unspecified atom stereocenters. The van der Waals surface area contributed by atoms with Crippen LogP contribution in [0.2, 0.25) is 5.82 Å². The summed E-state index contributed by atoms with van der Waals surface area (Å²) in [6.07, 6.45) is 0.873. The standard InChI is InChI=1S/C21H21BO5/c1-14(23)19-9-5-8-16-12-17(22(26)27-21(16)19)13-18(24)10-11-20(25)15-6-3-2-4-7-15/h2-9,17,26H,10-13H2,1H3/t17-/m1/s1. The molecule has 138 valence electrons. The summed E-state index contributed by atoms with van der Waals surface area (Å²) in [5, 5.41) is 10.3. The smallest absolute Gasteiger partial charge is 0.526 e. The minimum atomic E-state index is -1.15. The molecule has 27 heavy (non-hydrogen) atoms. The zero-order valence-corrected chi connectivity index (χ0v) is 15.2. The van der Waals surface area contributed by atoms with Crippen LogP contribution in [0.1, 0.15) is 52.5 Å². The summed E-state index contributed by atoms with van der Waals surface area (Å²) in [6, 6.07) is 14.1. The van der Waals surface area contributed by atoms with Crippen molar-refractivity contribution in [1.82, 2.24) is 0 Å². The lowest BCUT2D eigenvalue weighted by atomic mass is 9.64. The first-order valence-corrected chi connectivity index (χ1v) is 9.03. The van der Waals surface area contributed by atoms with Crippen LogP contribution in [0.25, 0.3) is 0 Å². The second kappa shape index (κ2) is 8.31. The highest BCUT2D eigenvalue weighted by Crippen LogP contribution is 2.36. The van der Waals surface area contributed by atoms with E-state index in [-0.39, 0.29) is 42.4 Å². The maximum Gasteiger partial charge on any atom is 0.526 e. The zero-order chi connectivity index (χ0) is 19.4. The Hall–Kier alpha value is -2.73. The average Bonchev–Trinajstić information content (AvgIpc) is 2.66. The number of carbonyl (C=O) groups excluding carboxylic acids is 3. The second-order valence-corrected chi connectivity index (χ2v) is 6.85. The Morgan fingerprint density at radius 3 is 2.52 bits per heavy atom. The van der Waals surface area contributed by atoms with Crippen molar-refractivity contribution in [3.8, 4) is 5.75 Å². The number of fused-ring (bicyclic) bond motifs is 1. The summed E-state index contributed by atoms with van der Waals surface area (Å²) in [5.41, 5.74) is 1.84. The summed E-state index contributed by atoms with van der Waals surface area (Å²) in [7, 11) is -1.15. The Morgan fingerprint density at radius 2 is 1.81 bits per heavy atom. The molecule has 1 atom stereocenters. The number of Topliss-reactive ketones (excluding diaryl/α,β-unsaturated/α-hetero) is 3. The molecule has 2 aromatic rings. The fourth-order valence-corrected chi connectivity index (χ4v) is 3.35. The van der Waals surface area contributed by atoms with Crippen molar-refractivity contribution < 1.29 is 24.1 Å². The topological polar surface area (TPSA) is 80.7 Å². The van der Waals surface area contributed by atoms with Crippen LogP contribution < -0.4 is 4.65 Å². The molecule has 1 heterocycles. The predicted octanol–water partition coefficient (Wildman–Crippen LogP) is 3.30. The monoisotopic (exact) mass is 364 g/mol. The molecule has 1 N–H and O–H groups in total. The van der Waals surface area contributed by atoms with E-state index in [0.717, 1.165) is 5.56 Å². The minimum Gasteiger partial charge on any atom is -0.535 e. The molecular weight excluding hydrogens is 343 g/mol. The van der Waals surface area contributed by atoms with E-state index < -0.39 is 7.12 Å². The van der Waals surface area contributed by atoms with E-state index in [9.17, 15) is 19.4 Å². The number of rotatable bonds is 7. The van der Waals surface area contributed by atoms with Crippen LogP contribution in [0.5, 0.6) is 5.75 Å². The largest absolute Gasteiger partial charge is 0.535 e. The molecule has 5 nitrogen and oxygen atoms in total. The van der Waals surface area contributed by atoms with Crippen LogP contribution in [0.4, 0.5) is 0 Å². The summed E-state index contributed by atoms with van der Waals surface area (Å²) < 4.78 is 5.55. The van der Waals surface area contributed by atoms with Gasteiger partial charge in [0.05, 0.1) is 5.56 Å². The lowest BCUT2D eigenvalue weighted by molar-refractivity contribution is -0.119. The van der Waals surface area contributed by atoms with Gasteiger partial charge in [-0.05, 0) is 25.0 Å². The third-order valence-corrected chi connectivity index (χ3v) is 4.82. The van der Waals surface area contributed by atoms with E-state index in [2.05, 4.69) is 0 Å². The second-order valence-electron chi connectivity index (χ2n) is 6.85. The van der Waals surface area contributed by atoms with Crippen LogP contribution >= 0.6 is 0 Å². The van der Waals surface area contributed by atoms with Gasteiger partial charge in [0.25, 0.3) is 0 Å². The first kappa shape index (κ1) is 19.0. The van der Waals surface area contributed by atoms with Gasteiger partial charge in [0.15, 0.2) is 11.6 Å². The average molecular weight is 364 g/mol. The number of ketones is 3. The number of hydrogen-bond acceptors (Lipinski definition) is 5. The Kier molecular flexibility index (Phi) is 5.86. The van der Waals surface area contributed by atoms with Gasteiger partial charge in [0, 0.05) is 30.6 Å². The first-order valence-electron chi connectivity index (χ1n) is 9.03. The lowest BCUT2D eigenvalue weighted by Crippen LogP contribution is -2.35. The van der Waals surface area contributed by atoms with E-state index in [1.807, 2.05) is 12.1 Å². The van der Waals surface area contributed by atoms with Crippen molar-refractivity contribution in [2.45, 2.75) is 38.4 Å². The zero-order valence-electron chi connectivity index (χ0n) is 15.2. The Labute approximate surface area is 158 Å². The van der Waals surface area contributed by atoms with Gasteiger partial charge in [0.1, 0.15) is 11.5 Å². The van der Waals surface area contributed by atoms with Gasteiger partial charge in [-0.2, -0.15) is 0 Å². The molecule has 0 aromatic heterocycles. The summed E-state index contributed by atoms with van der Waals surface area (Å²) in [5.74, 6) is -0.272. The maximum atomic E-state index is 12.3. The fraction of sp³-hybridized carbons (Fsp3) is 0.286. The van der Waals surface area contributed by atoms with Crippen LogP contribution in [0, 0.1) is 0 Å². The maximum absolute atomic E-state index is 12.3.